The van der Waals surface area contributed by atoms with Crippen LogP contribution in [0.2, 0.25) is 0 Å². The minimum absolute atomic E-state index is 0.413. The Hall–Kier alpha value is -2.19. The molecule has 2 aromatic rings. The molecule has 0 saturated heterocycles. The summed E-state index contributed by atoms with van der Waals surface area (Å²) in [5.41, 5.74) is 10.3. The molecule has 14 heavy (non-hydrogen) atoms. The smallest absolute Gasteiger partial charge is 0.133 e. The van der Waals surface area contributed by atoms with E-state index in [1.165, 1.54) is 0 Å². The third kappa shape index (κ3) is 1.34. The molecule has 0 atom stereocenters. The molecule has 0 saturated carbocycles. The quantitative estimate of drug-likeness (QED) is 0.399. The predicted molar refractivity (Wildman–Crippen MR) is 54.4 cm³/mol. The third-order valence-electron chi connectivity index (χ3n) is 1.95. The van der Waals surface area contributed by atoms with Gasteiger partial charge in [-0.15, -0.1) is 0 Å². The van der Waals surface area contributed by atoms with E-state index in [1.807, 2.05) is 24.3 Å². The first kappa shape index (κ1) is 8.41. The molecule has 1 aromatic carbocycles. The van der Waals surface area contributed by atoms with E-state index in [2.05, 4.69) is 16.6 Å². The fraction of sp³-hybridized carbons (Fsp3) is 0. The Morgan fingerprint density at radius 2 is 2.29 bits per heavy atom. The van der Waals surface area contributed by atoms with Gasteiger partial charge in [0.05, 0.1) is 6.26 Å². The van der Waals surface area contributed by atoms with Gasteiger partial charge < -0.3 is 4.42 Å². The Labute approximate surface area is 80.1 Å². The van der Waals surface area contributed by atoms with Gasteiger partial charge in [0.1, 0.15) is 5.58 Å². The first-order valence-electron chi connectivity index (χ1n) is 4.03. The normalized spacial score (nSPS) is 9.71. The molecule has 0 fully saturated rings. The summed E-state index contributed by atoms with van der Waals surface area (Å²) in [6.07, 6.45) is 1.62. The highest BCUT2D eigenvalue weighted by atomic mass is 16.3. The molecule has 0 N–H and O–H groups in total. The second-order valence-electron chi connectivity index (χ2n) is 2.81. The Kier molecular flexibility index (Phi) is 1.97. The van der Waals surface area contributed by atoms with Gasteiger partial charge in [-0.25, -0.2) is 0 Å². The fourth-order valence-electron chi connectivity index (χ4n) is 1.26. The van der Waals surface area contributed by atoms with Crippen LogP contribution in [0.1, 0.15) is 5.56 Å². The van der Waals surface area contributed by atoms with Crippen LogP contribution in [-0.4, -0.2) is 0 Å². The summed E-state index contributed by atoms with van der Waals surface area (Å²) in [5.74, 6) is 0. The van der Waals surface area contributed by atoms with Crippen molar-refractivity contribution in [2.45, 2.75) is 0 Å². The van der Waals surface area contributed by atoms with Crippen molar-refractivity contribution in [2.75, 3.05) is 0 Å². The summed E-state index contributed by atoms with van der Waals surface area (Å²) in [7, 11) is 0. The Bertz CT molecular complexity index is 535. The lowest BCUT2D eigenvalue weighted by atomic mass is 10.1. The SMILES string of the molecule is C=C(N=[N+]=[N-])c1ccc2occc2c1. The molecule has 4 heteroatoms. The summed E-state index contributed by atoms with van der Waals surface area (Å²) in [6, 6.07) is 7.35. The Morgan fingerprint density at radius 3 is 3.07 bits per heavy atom. The predicted octanol–water partition coefficient (Wildman–Crippen LogP) is 3.71. The molecule has 0 aliphatic carbocycles. The maximum atomic E-state index is 8.25. The highest BCUT2D eigenvalue weighted by Crippen LogP contribution is 2.21. The second kappa shape index (κ2) is 3.28. The molecule has 68 valence electrons. The highest BCUT2D eigenvalue weighted by Gasteiger charge is 2.00. The van der Waals surface area contributed by atoms with Crippen LogP contribution in [0, 0.1) is 0 Å². The van der Waals surface area contributed by atoms with Crippen molar-refractivity contribution in [3.63, 3.8) is 0 Å². The van der Waals surface area contributed by atoms with Crippen LogP contribution in [0.3, 0.4) is 0 Å². The summed E-state index contributed by atoms with van der Waals surface area (Å²) in [6.45, 7) is 3.65. The van der Waals surface area contributed by atoms with Crippen molar-refractivity contribution < 1.29 is 4.42 Å². The summed E-state index contributed by atoms with van der Waals surface area (Å²) in [5, 5.41) is 4.41. The van der Waals surface area contributed by atoms with Gasteiger partial charge in [-0.1, -0.05) is 17.8 Å². The van der Waals surface area contributed by atoms with Crippen molar-refractivity contribution in [3.8, 4) is 0 Å². The van der Waals surface area contributed by atoms with Crippen LogP contribution in [0.5, 0.6) is 0 Å². The summed E-state index contributed by atoms with van der Waals surface area (Å²) < 4.78 is 5.18. The molecule has 0 bridgehead atoms. The molecule has 1 aromatic heterocycles. The minimum atomic E-state index is 0.413. The molecular weight excluding hydrogens is 178 g/mol. The third-order valence-corrected chi connectivity index (χ3v) is 1.95. The highest BCUT2D eigenvalue weighted by molar-refractivity contribution is 5.81. The van der Waals surface area contributed by atoms with Crippen molar-refractivity contribution in [2.24, 2.45) is 5.11 Å². The van der Waals surface area contributed by atoms with E-state index >= 15 is 0 Å². The summed E-state index contributed by atoms with van der Waals surface area (Å²) >= 11 is 0. The van der Waals surface area contributed by atoms with E-state index in [9.17, 15) is 0 Å². The van der Waals surface area contributed by atoms with Gasteiger partial charge in [0.15, 0.2) is 0 Å². The second-order valence-corrected chi connectivity index (χ2v) is 2.81. The van der Waals surface area contributed by atoms with E-state index in [-0.39, 0.29) is 0 Å². The molecule has 0 spiro atoms. The van der Waals surface area contributed by atoms with E-state index in [4.69, 9.17) is 9.95 Å². The lowest BCUT2D eigenvalue weighted by Gasteiger charge is -1.97. The van der Waals surface area contributed by atoms with Crippen LogP contribution in [0.15, 0.2) is 46.6 Å². The largest absolute Gasteiger partial charge is 0.464 e. The van der Waals surface area contributed by atoms with Gasteiger partial charge in [-0.2, -0.15) is 0 Å². The zero-order valence-corrected chi connectivity index (χ0v) is 7.34. The van der Waals surface area contributed by atoms with Gasteiger partial charge in [0.25, 0.3) is 0 Å². The number of hydrogen-bond acceptors (Lipinski definition) is 2. The summed E-state index contributed by atoms with van der Waals surface area (Å²) in [4.78, 5) is 2.68. The number of nitrogens with zero attached hydrogens (tertiary/aromatic N) is 3. The van der Waals surface area contributed by atoms with Crippen molar-refractivity contribution in [1.29, 1.82) is 0 Å². The Balaban J connectivity index is 2.53. The van der Waals surface area contributed by atoms with E-state index in [1.54, 1.807) is 6.26 Å². The number of azide groups is 1. The fourth-order valence-corrected chi connectivity index (χ4v) is 1.26. The first-order chi connectivity index (χ1) is 6.81. The van der Waals surface area contributed by atoms with Gasteiger partial charge >= 0.3 is 0 Å². The van der Waals surface area contributed by atoms with Gasteiger partial charge in [-0.05, 0) is 29.3 Å². The standard InChI is InChI=1S/C10H7N3O/c1-7(12-13-11)8-2-3-10-9(6-8)4-5-14-10/h2-6H,1H2. The number of fused-ring (bicyclic) bond motifs is 1. The molecule has 0 aliphatic heterocycles. The molecule has 1 heterocycles. The van der Waals surface area contributed by atoms with E-state index in [0.717, 1.165) is 16.5 Å². The van der Waals surface area contributed by atoms with Crippen molar-refractivity contribution >= 4 is 16.7 Å². The van der Waals surface area contributed by atoms with Crippen LogP contribution < -0.4 is 0 Å². The lowest BCUT2D eigenvalue weighted by molar-refractivity contribution is 0.616. The van der Waals surface area contributed by atoms with Gasteiger partial charge in [-0.3, -0.25) is 0 Å². The number of benzene rings is 1. The van der Waals surface area contributed by atoms with Crippen LogP contribution in [0.25, 0.3) is 27.1 Å². The van der Waals surface area contributed by atoms with Gasteiger partial charge in [0, 0.05) is 16.0 Å². The van der Waals surface area contributed by atoms with Crippen LogP contribution >= 0.6 is 0 Å². The number of hydrogen-bond donors (Lipinski definition) is 0. The van der Waals surface area contributed by atoms with Crippen LogP contribution in [0.4, 0.5) is 0 Å². The minimum Gasteiger partial charge on any atom is -0.464 e. The topological polar surface area (TPSA) is 61.9 Å². The van der Waals surface area contributed by atoms with Crippen molar-refractivity contribution in [1.82, 2.24) is 0 Å². The van der Waals surface area contributed by atoms with Crippen molar-refractivity contribution in [3.05, 3.63) is 53.1 Å². The zero-order chi connectivity index (χ0) is 9.97. The first-order valence-corrected chi connectivity index (χ1v) is 4.03. The molecule has 0 aliphatic rings. The average molecular weight is 185 g/mol. The Morgan fingerprint density at radius 1 is 1.43 bits per heavy atom. The van der Waals surface area contributed by atoms with E-state index < -0.39 is 0 Å². The lowest BCUT2D eigenvalue weighted by Crippen LogP contribution is -1.76. The molecule has 0 radical (unpaired) electrons. The maximum absolute atomic E-state index is 8.25. The maximum Gasteiger partial charge on any atom is 0.133 e. The van der Waals surface area contributed by atoms with Crippen LogP contribution in [-0.2, 0) is 0 Å². The molecule has 0 unspecified atom stereocenters. The molecule has 0 amide bonds. The molecular formula is C10H7N3O. The van der Waals surface area contributed by atoms with Gasteiger partial charge in [0.2, 0.25) is 0 Å². The molecule has 2 rings (SSSR count). The van der Waals surface area contributed by atoms with E-state index in [0.29, 0.717) is 5.70 Å². The zero-order valence-electron chi connectivity index (χ0n) is 7.34. The average Bonchev–Trinajstić information content (AvgIpc) is 2.64. The number of rotatable bonds is 2. The molecule has 4 nitrogen and oxygen atoms in total. The number of furan rings is 1. The monoisotopic (exact) mass is 185 g/mol.